The van der Waals surface area contributed by atoms with Gasteiger partial charge in [-0.2, -0.15) is 0 Å². The molecule has 8 heteroatoms. The molecule has 0 aliphatic carbocycles. The van der Waals surface area contributed by atoms with E-state index in [9.17, 15) is 19.5 Å². The number of para-hydroxylation sites is 2. The number of fused-ring (bicyclic) bond motifs is 6. The SMILES string of the molecule is CC1(C)C(=O)c2nc3ccccc3c(=O)n2C2CC3(OC21O)C(=O)Nc1ccccc13. The highest BCUT2D eigenvalue weighted by molar-refractivity contribution is 6.06. The maximum atomic E-state index is 13.4. The largest absolute Gasteiger partial charge is 0.363 e. The van der Waals surface area contributed by atoms with Gasteiger partial charge in [-0.1, -0.05) is 30.3 Å². The average molecular weight is 417 g/mol. The lowest BCUT2D eigenvalue weighted by Gasteiger charge is -2.46. The van der Waals surface area contributed by atoms with Crippen LogP contribution < -0.4 is 10.9 Å². The third kappa shape index (κ3) is 1.97. The lowest BCUT2D eigenvalue weighted by molar-refractivity contribution is -0.276. The van der Waals surface area contributed by atoms with Crippen LogP contribution in [0, 0.1) is 5.41 Å². The van der Waals surface area contributed by atoms with E-state index in [-0.39, 0.29) is 12.2 Å². The Kier molecular flexibility index (Phi) is 3.24. The molecule has 0 radical (unpaired) electrons. The summed E-state index contributed by atoms with van der Waals surface area (Å²) in [6.07, 6.45) is -0.00398. The average Bonchev–Trinajstić information content (AvgIpc) is 3.22. The monoisotopic (exact) mass is 417 g/mol. The predicted molar refractivity (Wildman–Crippen MR) is 111 cm³/mol. The van der Waals surface area contributed by atoms with Crippen molar-refractivity contribution in [1.82, 2.24) is 9.55 Å². The second kappa shape index (κ2) is 5.46. The summed E-state index contributed by atoms with van der Waals surface area (Å²) in [7, 11) is 0. The maximum Gasteiger partial charge on any atom is 0.262 e. The van der Waals surface area contributed by atoms with E-state index in [0.29, 0.717) is 22.2 Å². The molecule has 4 heterocycles. The van der Waals surface area contributed by atoms with E-state index in [1.165, 1.54) is 4.57 Å². The number of rotatable bonds is 0. The number of hydrogen-bond acceptors (Lipinski definition) is 6. The Morgan fingerprint density at radius 3 is 2.61 bits per heavy atom. The van der Waals surface area contributed by atoms with Crippen LogP contribution in [0.5, 0.6) is 0 Å². The van der Waals surface area contributed by atoms with Crippen LogP contribution in [0.4, 0.5) is 5.69 Å². The number of aromatic nitrogens is 2. The van der Waals surface area contributed by atoms with Gasteiger partial charge in [-0.25, -0.2) is 4.98 Å². The minimum absolute atomic E-state index is 0.00398. The number of benzene rings is 2. The molecule has 1 fully saturated rings. The van der Waals surface area contributed by atoms with Gasteiger partial charge in [0.2, 0.25) is 11.6 Å². The van der Waals surface area contributed by atoms with Gasteiger partial charge in [0.1, 0.15) is 0 Å². The molecule has 6 rings (SSSR count). The van der Waals surface area contributed by atoms with E-state index in [1.54, 1.807) is 62.4 Å². The molecule has 3 unspecified atom stereocenters. The first-order valence-electron chi connectivity index (χ1n) is 10.1. The number of nitrogens with zero attached hydrogens (tertiary/aromatic N) is 2. The number of Topliss-reactive ketones (excluding diaryl/α,β-unsaturated/α-hetero) is 1. The smallest absolute Gasteiger partial charge is 0.262 e. The van der Waals surface area contributed by atoms with E-state index in [2.05, 4.69) is 10.3 Å². The first kappa shape index (κ1) is 18.4. The van der Waals surface area contributed by atoms with Crippen molar-refractivity contribution >= 4 is 28.3 Å². The predicted octanol–water partition coefficient (Wildman–Crippen LogP) is 2.12. The van der Waals surface area contributed by atoms with Crippen molar-refractivity contribution in [3.63, 3.8) is 0 Å². The van der Waals surface area contributed by atoms with Gasteiger partial charge in [-0.3, -0.25) is 19.0 Å². The highest BCUT2D eigenvalue weighted by Gasteiger charge is 2.71. The minimum Gasteiger partial charge on any atom is -0.363 e. The third-order valence-electron chi connectivity index (χ3n) is 7.03. The molecule has 0 saturated carbocycles. The van der Waals surface area contributed by atoms with Gasteiger partial charge in [0.15, 0.2) is 11.4 Å². The number of anilines is 1. The Labute approximate surface area is 176 Å². The van der Waals surface area contributed by atoms with Gasteiger partial charge >= 0.3 is 0 Å². The summed E-state index contributed by atoms with van der Waals surface area (Å²) in [5, 5.41) is 14.9. The summed E-state index contributed by atoms with van der Waals surface area (Å²) in [6, 6.07) is 12.9. The van der Waals surface area contributed by atoms with Crippen LogP contribution in [0.1, 0.15) is 42.5 Å². The number of carbonyl (C=O) groups is 2. The molecule has 156 valence electrons. The first-order valence-corrected chi connectivity index (χ1v) is 10.1. The zero-order valence-electron chi connectivity index (χ0n) is 16.9. The zero-order chi connectivity index (χ0) is 21.8. The second-order valence-electron chi connectivity index (χ2n) is 8.93. The van der Waals surface area contributed by atoms with Crippen molar-refractivity contribution < 1.29 is 19.4 Å². The Hall–Kier alpha value is -3.36. The van der Waals surface area contributed by atoms with Crippen LogP contribution in [0.2, 0.25) is 0 Å². The standard InChI is InChI=1S/C23H19N3O5/c1-21(2)17(27)18-24-14-9-5-3-7-12(14)19(28)26(18)16-11-22(31-23(16,21)30)13-8-4-6-10-15(13)25-20(22)29/h3-10,16,30H,11H2,1-2H3,(H,25,29). The number of nitrogens with one attached hydrogen (secondary N) is 1. The van der Waals surface area contributed by atoms with E-state index < -0.39 is 40.1 Å². The normalized spacial score (nSPS) is 30.2. The van der Waals surface area contributed by atoms with E-state index in [4.69, 9.17) is 4.74 Å². The van der Waals surface area contributed by atoms with Gasteiger partial charge in [0.05, 0.1) is 22.4 Å². The van der Waals surface area contributed by atoms with Crippen LogP contribution in [-0.2, 0) is 15.1 Å². The highest BCUT2D eigenvalue weighted by Crippen LogP contribution is 2.61. The molecule has 1 aromatic heterocycles. The van der Waals surface area contributed by atoms with E-state index in [0.717, 1.165) is 0 Å². The Bertz CT molecular complexity index is 1390. The number of hydrogen-bond donors (Lipinski definition) is 2. The molecule has 2 N–H and O–H groups in total. The molecule has 2 aromatic carbocycles. The van der Waals surface area contributed by atoms with Gasteiger partial charge in [-0.15, -0.1) is 0 Å². The molecule has 3 aromatic rings. The molecule has 1 saturated heterocycles. The van der Waals surface area contributed by atoms with Crippen molar-refractivity contribution in [2.75, 3.05) is 5.32 Å². The van der Waals surface area contributed by atoms with Crippen LogP contribution >= 0.6 is 0 Å². The highest BCUT2D eigenvalue weighted by atomic mass is 16.7. The number of carbonyl (C=O) groups excluding carboxylic acids is 2. The van der Waals surface area contributed by atoms with E-state index in [1.807, 2.05) is 0 Å². The Balaban J connectivity index is 1.66. The van der Waals surface area contributed by atoms with Crippen LogP contribution in [0.15, 0.2) is 53.3 Å². The van der Waals surface area contributed by atoms with Crippen molar-refractivity contribution in [3.05, 3.63) is 70.3 Å². The van der Waals surface area contributed by atoms with Crippen LogP contribution in [-0.4, -0.2) is 32.1 Å². The fraction of sp³-hybridized carbons (Fsp3) is 0.304. The number of aliphatic hydroxyl groups is 1. The topological polar surface area (TPSA) is 111 Å². The molecule has 3 aliphatic heterocycles. The Morgan fingerprint density at radius 1 is 1.10 bits per heavy atom. The molecular formula is C23H19N3O5. The van der Waals surface area contributed by atoms with Crippen molar-refractivity contribution in [2.24, 2.45) is 5.41 Å². The maximum absolute atomic E-state index is 13.4. The van der Waals surface area contributed by atoms with Gasteiger partial charge in [-0.05, 0) is 32.0 Å². The van der Waals surface area contributed by atoms with Gasteiger partial charge < -0.3 is 15.2 Å². The summed E-state index contributed by atoms with van der Waals surface area (Å²) in [4.78, 5) is 44.5. The molecule has 1 amide bonds. The van der Waals surface area contributed by atoms with Crippen molar-refractivity contribution in [3.8, 4) is 0 Å². The summed E-state index contributed by atoms with van der Waals surface area (Å²) in [5.41, 5.74) is -1.83. The fourth-order valence-corrected chi connectivity index (χ4v) is 5.23. The van der Waals surface area contributed by atoms with E-state index >= 15 is 0 Å². The van der Waals surface area contributed by atoms with Crippen molar-refractivity contribution in [2.45, 2.75) is 37.7 Å². The number of ketones is 1. The Morgan fingerprint density at radius 2 is 1.81 bits per heavy atom. The molecule has 1 spiro atoms. The quantitative estimate of drug-likeness (QED) is 0.580. The molecule has 3 atom stereocenters. The fourth-order valence-electron chi connectivity index (χ4n) is 5.23. The van der Waals surface area contributed by atoms with Crippen molar-refractivity contribution in [1.29, 1.82) is 0 Å². The van der Waals surface area contributed by atoms with Crippen LogP contribution in [0.25, 0.3) is 10.9 Å². The lowest BCUT2D eigenvalue weighted by Crippen LogP contribution is -2.60. The minimum atomic E-state index is -2.08. The van der Waals surface area contributed by atoms with Crippen LogP contribution in [0.3, 0.4) is 0 Å². The zero-order valence-corrected chi connectivity index (χ0v) is 16.9. The summed E-state index contributed by atoms with van der Waals surface area (Å²) >= 11 is 0. The molecule has 31 heavy (non-hydrogen) atoms. The summed E-state index contributed by atoms with van der Waals surface area (Å²) < 4.78 is 7.41. The molecule has 0 bridgehead atoms. The molecule has 3 aliphatic rings. The summed E-state index contributed by atoms with van der Waals surface area (Å²) in [6.45, 7) is 3.12. The third-order valence-corrected chi connectivity index (χ3v) is 7.03. The first-order chi connectivity index (χ1) is 14.7. The second-order valence-corrected chi connectivity index (χ2v) is 8.93. The van der Waals surface area contributed by atoms with Gasteiger partial charge in [0.25, 0.3) is 11.5 Å². The lowest BCUT2D eigenvalue weighted by atomic mass is 9.72. The number of amides is 1. The van der Waals surface area contributed by atoms with Gasteiger partial charge in [0, 0.05) is 17.7 Å². The molecule has 8 nitrogen and oxygen atoms in total. The summed E-state index contributed by atoms with van der Waals surface area (Å²) in [5.74, 6) is -3.06. The number of ether oxygens (including phenoxy) is 1. The molecular weight excluding hydrogens is 398 g/mol.